The smallest absolute Gasteiger partial charge is 0.240 e. The number of likely N-dealkylation sites (tertiary alicyclic amines) is 1. The topological polar surface area (TPSA) is 26.8 Å². The number of carbonyl (C=O) groups excluding carboxylic acids is 1. The van der Waals surface area contributed by atoms with Gasteiger partial charge >= 0.3 is 0 Å². The Labute approximate surface area is 149 Å². The summed E-state index contributed by atoms with van der Waals surface area (Å²) in [4.78, 5) is 19.4. The van der Waals surface area contributed by atoms with Crippen molar-refractivity contribution in [2.24, 2.45) is 0 Å². The second-order valence-corrected chi connectivity index (χ2v) is 6.91. The minimum atomic E-state index is -0.0347. The molecule has 1 aromatic carbocycles. The van der Waals surface area contributed by atoms with Crippen LogP contribution in [0.15, 0.2) is 24.3 Å². The highest BCUT2D eigenvalue weighted by Crippen LogP contribution is 2.23. The number of rotatable bonds is 3. The van der Waals surface area contributed by atoms with Gasteiger partial charge in [0.05, 0.1) is 12.6 Å². The lowest BCUT2D eigenvalue weighted by atomic mass is 10.0. The molecule has 0 unspecified atom stereocenters. The van der Waals surface area contributed by atoms with Gasteiger partial charge in [-0.2, -0.15) is 0 Å². The van der Waals surface area contributed by atoms with Gasteiger partial charge in [-0.3, -0.25) is 9.69 Å². The molecule has 1 aromatic rings. The highest BCUT2D eigenvalue weighted by atomic mass is 35.5. The van der Waals surface area contributed by atoms with E-state index in [-0.39, 0.29) is 11.9 Å². The van der Waals surface area contributed by atoms with Crippen LogP contribution in [-0.2, 0) is 4.79 Å². The van der Waals surface area contributed by atoms with Crippen LogP contribution in [0.4, 0.5) is 5.69 Å². The minimum absolute atomic E-state index is 0.0347. The van der Waals surface area contributed by atoms with E-state index < -0.39 is 0 Å². The Morgan fingerprint density at radius 3 is 2.71 bits per heavy atom. The largest absolute Gasteiger partial charge is 0.368 e. The summed E-state index contributed by atoms with van der Waals surface area (Å²) in [6.07, 6.45) is 8.63. The van der Waals surface area contributed by atoms with E-state index >= 15 is 0 Å². The lowest BCUT2D eigenvalue weighted by molar-refractivity contribution is -0.138. The number of piperidine rings is 1. The molecular weight excluding hydrogens is 322 g/mol. The van der Waals surface area contributed by atoms with Gasteiger partial charge in [-0.05, 0) is 37.6 Å². The van der Waals surface area contributed by atoms with E-state index in [1.165, 1.54) is 0 Å². The summed E-state index contributed by atoms with van der Waals surface area (Å²) in [7, 11) is 0. The van der Waals surface area contributed by atoms with Crippen LogP contribution >= 0.6 is 11.6 Å². The minimum Gasteiger partial charge on any atom is -0.368 e. The Morgan fingerprint density at radius 1 is 1.21 bits per heavy atom. The van der Waals surface area contributed by atoms with Crippen LogP contribution in [0, 0.1) is 12.3 Å². The molecule has 0 aliphatic carbocycles. The molecule has 0 bridgehead atoms. The van der Waals surface area contributed by atoms with Gasteiger partial charge in [-0.15, -0.1) is 6.42 Å². The molecule has 0 saturated carbocycles. The molecule has 4 nitrogen and oxygen atoms in total. The third kappa shape index (κ3) is 3.85. The Kier molecular flexibility index (Phi) is 5.65. The van der Waals surface area contributed by atoms with Crippen LogP contribution in [0.2, 0.25) is 5.02 Å². The van der Waals surface area contributed by atoms with Crippen LogP contribution in [-0.4, -0.2) is 61.0 Å². The lowest BCUT2D eigenvalue weighted by Gasteiger charge is -2.41. The average molecular weight is 346 g/mol. The summed E-state index contributed by atoms with van der Waals surface area (Å²) in [5.74, 6) is 2.94. The number of hydrogen-bond acceptors (Lipinski definition) is 3. The van der Waals surface area contributed by atoms with Gasteiger partial charge in [0.1, 0.15) is 0 Å². The number of benzene rings is 1. The predicted molar refractivity (Wildman–Crippen MR) is 98.3 cm³/mol. The Bertz CT molecular complexity index is 619. The van der Waals surface area contributed by atoms with Gasteiger partial charge in [0.15, 0.2) is 0 Å². The van der Waals surface area contributed by atoms with Gasteiger partial charge in [0.25, 0.3) is 0 Å². The number of hydrogen-bond donors (Lipinski definition) is 0. The molecule has 0 spiro atoms. The second kappa shape index (κ2) is 7.92. The fourth-order valence-corrected chi connectivity index (χ4v) is 3.83. The molecule has 128 valence electrons. The van der Waals surface area contributed by atoms with Crippen LogP contribution < -0.4 is 4.90 Å². The molecule has 3 rings (SSSR count). The normalized spacial score (nSPS) is 22.2. The average Bonchev–Trinajstić information content (AvgIpc) is 2.62. The molecule has 0 radical (unpaired) electrons. The molecule has 1 amide bonds. The quantitative estimate of drug-likeness (QED) is 0.787. The molecule has 24 heavy (non-hydrogen) atoms. The fraction of sp³-hybridized carbons (Fsp3) is 0.526. The Balaban J connectivity index is 1.59. The first-order chi connectivity index (χ1) is 11.7. The molecule has 2 aliphatic heterocycles. The zero-order valence-electron chi connectivity index (χ0n) is 14.0. The molecule has 0 N–H and O–H groups in total. The van der Waals surface area contributed by atoms with Crippen LogP contribution in [0.25, 0.3) is 0 Å². The monoisotopic (exact) mass is 345 g/mol. The highest BCUT2D eigenvalue weighted by molar-refractivity contribution is 6.30. The first-order valence-electron chi connectivity index (χ1n) is 8.66. The summed E-state index contributed by atoms with van der Waals surface area (Å²) in [6, 6.07) is 7.86. The van der Waals surface area contributed by atoms with E-state index in [9.17, 15) is 4.79 Å². The van der Waals surface area contributed by atoms with Crippen molar-refractivity contribution in [1.82, 2.24) is 9.80 Å². The maximum absolute atomic E-state index is 12.9. The van der Waals surface area contributed by atoms with Crippen molar-refractivity contribution in [3.63, 3.8) is 0 Å². The van der Waals surface area contributed by atoms with E-state index in [0.29, 0.717) is 6.54 Å². The van der Waals surface area contributed by atoms with E-state index in [4.69, 9.17) is 18.0 Å². The van der Waals surface area contributed by atoms with E-state index in [1.807, 2.05) is 23.1 Å². The van der Waals surface area contributed by atoms with E-state index in [2.05, 4.69) is 21.8 Å². The molecule has 2 aliphatic rings. The van der Waals surface area contributed by atoms with Crippen LogP contribution in [0.3, 0.4) is 0 Å². The number of nitrogens with zero attached hydrogens (tertiary/aromatic N) is 3. The summed E-state index contributed by atoms with van der Waals surface area (Å²) in [5.41, 5.74) is 1.13. The van der Waals surface area contributed by atoms with Crippen molar-refractivity contribution >= 4 is 23.2 Å². The summed E-state index contributed by atoms with van der Waals surface area (Å²) >= 11 is 6.08. The standard InChI is InChI=1S/C19H24ClN3O/c1-2-9-22-10-4-3-8-18(22)19(24)23-13-11-21(12-14-23)17-7-5-6-16(20)15-17/h1,5-7,15,18H,3-4,8-14H2/t18-/m1/s1. The van der Waals surface area contributed by atoms with Gasteiger partial charge in [-0.1, -0.05) is 30.0 Å². The fourth-order valence-electron chi connectivity index (χ4n) is 3.65. The van der Waals surface area contributed by atoms with Crippen LogP contribution in [0.5, 0.6) is 0 Å². The third-order valence-electron chi connectivity index (χ3n) is 4.96. The van der Waals surface area contributed by atoms with Crippen molar-refractivity contribution in [2.45, 2.75) is 25.3 Å². The highest BCUT2D eigenvalue weighted by Gasteiger charge is 2.32. The SMILES string of the molecule is C#CCN1CCCC[C@@H]1C(=O)N1CCN(c2cccc(Cl)c2)CC1. The third-order valence-corrected chi connectivity index (χ3v) is 5.19. The van der Waals surface area contributed by atoms with Gasteiger partial charge < -0.3 is 9.80 Å². The Morgan fingerprint density at radius 2 is 2.00 bits per heavy atom. The van der Waals surface area contributed by atoms with Gasteiger partial charge in [0.2, 0.25) is 5.91 Å². The first-order valence-corrected chi connectivity index (χ1v) is 9.03. The molecule has 1 atom stereocenters. The maximum atomic E-state index is 12.9. The number of anilines is 1. The molecule has 2 fully saturated rings. The van der Waals surface area contributed by atoms with Crippen molar-refractivity contribution in [1.29, 1.82) is 0 Å². The molecule has 2 heterocycles. The molecule has 0 aromatic heterocycles. The van der Waals surface area contributed by atoms with Crippen LogP contribution in [0.1, 0.15) is 19.3 Å². The Hall–Kier alpha value is -1.70. The lowest BCUT2D eigenvalue weighted by Crippen LogP contribution is -2.56. The number of terminal acetylenes is 1. The second-order valence-electron chi connectivity index (χ2n) is 6.48. The molecule has 2 saturated heterocycles. The van der Waals surface area contributed by atoms with E-state index in [0.717, 1.165) is 62.7 Å². The van der Waals surface area contributed by atoms with Crippen molar-refractivity contribution in [3.05, 3.63) is 29.3 Å². The van der Waals surface area contributed by atoms with Crippen molar-refractivity contribution < 1.29 is 4.79 Å². The number of piperazine rings is 1. The number of amides is 1. The van der Waals surface area contributed by atoms with E-state index in [1.54, 1.807) is 0 Å². The zero-order chi connectivity index (χ0) is 16.9. The number of halogens is 1. The summed E-state index contributed by atoms with van der Waals surface area (Å²) in [6.45, 7) is 4.70. The van der Waals surface area contributed by atoms with Gasteiger partial charge in [-0.25, -0.2) is 0 Å². The summed E-state index contributed by atoms with van der Waals surface area (Å²) < 4.78 is 0. The number of carbonyl (C=O) groups is 1. The zero-order valence-corrected chi connectivity index (χ0v) is 14.7. The van der Waals surface area contributed by atoms with Gasteiger partial charge in [0, 0.05) is 36.9 Å². The van der Waals surface area contributed by atoms with Crippen molar-refractivity contribution in [2.75, 3.05) is 44.2 Å². The maximum Gasteiger partial charge on any atom is 0.240 e. The first kappa shape index (κ1) is 17.1. The predicted octanol–water partition coefficient (Wildman–Crippen LogP) is 2.48. The molecule has 5 heteroatoms. The summed E-state index contributed by atoms with van der Waals surface area (Å²) in [5, 5.41) is 0.748. The van der Waals surface area contributed by atoms with Crippen molar-refractivity contribution in [3.8, 4) is 12.3 Å². The molecular formula is C19H24ClN3O.